The van der Waals surface area contributed by atoms with E-state index in [1.807, 2.05) is 0 Å². The highest BCUT2D eigenvalue weighted by atomic mass is 32.1. The van der Waals surface area contributed by atoms with E-state index in [9.17, 15) is 0 Å². The highest BCUT2D eigenvalue weighted by Crippen LogP contribution is 2.02. The fraction of sp³-hybridized carbons (Fsp3) is 0.500. The number of rotatable bonds is 6. The van der Waals surface area contributed by atoms with E-state index in [2.05, 4.69) is 55.9 Å². The van der Waals surface area contributed by atoms with Crippen LogP contribution >= 0.6 is 12.2 Å². The van der Waals surface area contributed by atoms with Crippen LogP contribution < -0.4 is 15.5 Å². The summed E-state index contributed by atoms with van der Waals surface area (Å²) >= 11 is 5.23. The van der Waals surface area contributed by atoms with Gasteiger partial charge in [0.05, 0.1) is 20.6 Å². The van der Waals surface area contributed by atoms with Crippen LogP contribution in [-0.2, 0) is 6.54 Å². The van der Waals surface area contributed by atoms with Gasteiger partial charge in [0, 0.05) is 19.5 Å². The fourth-order valence-electron chi connectivity index (χ4n) is 1.59. The summed E-state index contributed by atoms with van der Waals surface area (Å²) in [7, 11) is 4.32. The van der Waals surface area contributed by atoms with E-state index in [1.54, 1.807) is 0 Å². The first kappa shape index (κ1) is 14.9. The van der Waals surface area contributed by atoms with Gasteiger partial charge in [-0.05, 0) is 24.7 Å². The first-order valence-electron chi connectivity index (χ1n) is 6.44. The Bertz CT molecular complexity index is 360. The molecule has 4 heteroatoms. The monoisotopic (exact) mass is 266 g/mol. The quantitative estimate of drug-likeness (QED) is 0.517. The maximum atomic E-state index is 5.23. The zero-order valence-electron chi connectivity index (χ0n) is 11.5. The molecule has 0 bridgehead atoms. The molecule has 100 valence electrons. The molecule has 0 aliphatic rings. The van der Waals surface area contributed by atoms with E-state index in [4.69, 9.17) is 12.2 Å². The summed E-state index contributed by atoms with van der Waals surface area (Å²) in [4.78, 5) is 1.47. The number of aryl methyl sites for hydroxylation is 1. The molecule has 3 N–H and O–H groups in total. The van der Waals surface area contributed by atoms with Crippen LogP contribution in [0.2, 0.25) is 0 Å². The van der Waals surface area contributed by atoms with Crippen LogP contribution in [0.1, 0.15) is 17.5 Å². The molecule has 0 saturated carbocycles. The van der Waals surface area contributed by atoms with E-state index in [0.717, 1.165) is 31.2 Å². The molecule has 0 fully saturated rings. The smallest absolute Gasteiger partial charge is 0.166 e. The van der Waals surface area contributed by atoms with Crippen LogP contribution in [0.4, 0.5) is 0 Å². The van der Waals surface area contributed by atoms with Crippen LogP contribution in [0.15, 0.2) is 24.3 Å². The fourth-order valence-corrected chi connectivity index (χ4v) is 1.77. The Kier molecular flexibility index (Phi) is 6.68. The van der Waals surface area contributed by atoms with Crippen LogP contribution in [0.5, 0.6) is 0 Å². The highest BCUT2D eigenvalue weighted by molar-refractivity contribution is 7.80. The van der Waals surface area contributed by atoms with E-state index >= 15 is 0 Å². The predicted octanol–water partition coefficient (Wildman–Crippen LogP) is 0.494. The van der Waals surface area contributed by atoms with Gasteiger partial charge >= 0.3 is 0 Å². The largest absolute Gasteiger partial charge is 0.363 e. The summed E-state index contributed by atoms with van der Waals surface area (Å²) in [5.74, 6) is 0. The van der Waals surface area contributed by atoms with Crippen molar-refractivity contribution in [1.29, 1.82) is 0 Å². The van der Waals surface area contributed by atoms with Gasteiger partial charge in [0.1, 0.15) is 0 Å². The number of benzene rings is 1. The number of nitrogens with one attached hydrogen (secondary N) is 3. The van der Waals surface area contributed by atoms with Crippen molar-refractivity contribution in [3.8, 4) is 0 Å². The van der Waals surface area contributed by atoms with Crippen LogP contribution in [0, 0.1) is 6.92 Å². The molecule has 0 unspecified atom stereocenters. The van der Waals surface area contributed by atoms with Crippen molar-refractivity contribution in [2.75, 3.05) is 27.2 Å². The van der Waals surface area contributed by atoms with Gasteiger partial charge in [0.15, 0.2) is 5.11 Å². The van der Waals surface area contributed by atoms with Crippen molar-refractivity contribution in [3.63, 3.8) is 0 Å². The minimum atomic E-state index is 0.740. The third kappa shape index (κ3) is 6.57. The first-order chi connectivity index (χ1) is 8.58. The second-order valence-corrected chi connectivity index (χ2v) is 5.31. The van der Waals surface area contributed by atoms with E-state index < -0.39 is 0 Å². The average molecular weight is 266 g/mol. The minimum absolute atomic E-state index is 0.740. The lowest BCUT2D eigenvalue weighted by atomic mass is 10.1. The van der Waals surface area contributed by atoms with Crippen LogP contribution in [-0.4, -0.2) is 32.3 Å². The Balaban J connectivity index is 2.15. The van der Waals surface area contributed by atoms with Crippen molar-refractivity contribution in [3.05, 3.63) is 35.4 Å². The van der Waals surface area contributed by atoms with Gasteiger partial charge in [-0.15, -0.1) is 0 Å². The van der Waals surface area contributed by atoms with Gasteiger partial charge in [-0.3, -0.25) is 0 Å². The zero-order valence-corrected chi connectivity index (χ0v) is 12.4. The summed E-state index contributed by atoms with van der Waals surface area (Å²) in [5, 5.41) is 7.19. The van der Waals surface area contributed by atoms with E-state index in [-0.39, 0.29) is 0 Å². The molecule has 0 aliphatic heterocycles. The Hall–Kier alpha value is -1.13. The summed E-state index contributed by atoms with van der Waals surface area (Å²) in [6.07, 6.45) is 1.13. The van der Waals surface area contributed by atoms with Crippen molar-refractivity contribution in [2.45, 2.75) is 19.9 Å². The van der Waals surface area contributed by atoms with Gasteiger partial charge in [0.2, 0.25) is 0 Å². The predicted molar refractivity (Wildman–Crippen MR) is 80.9 cm³/mol. The minimum Gasteiger partial charge on any atom is -0.363 e. The Labute approximate surface area is 116 Å². The number of quaternary nitrogens is 1. The third-order valence-corrected chi connectivity index (χ3v) is 3.00. The molecule has 0 saturated heterocycles. The van der Waals surface area contributed by atoms with Crippen LogP contribution in [0.3, 0.4) is 0 Å². The standard InChI is InChI=1S/C14H23N3S/c1-12-5-7-13(8-6-12)11-16-14(18)15-9-4-10-17(2)3/h5-8H,4,9-11H2,1-3H3,(H2,15,16,18)/p+1. The molecular formula is C14H24N3S+. The average Bonchev–Trinajstić information content (AvgIpc) is 2.34. The second kappa shape index (κ2) is 8.06. The lowest BCUT2D eigenvalue weighted by molar-refractivity contribution is -0.858. The van der Waals surface area contributed by atoms with Gasteiger partial charge in [-0.25, -0.2) is 0 Å². The third-order valence-electron chi connectivity index (χ3n) is 2.71. The molecule has 0 atom stereocenters. The van der Waals surface area contributed by atoms with E-state index in [1.165, 1.54) is 16.0 Å². The van der Waals surface area contributed by atoms with Crippen molar-refractivity contribution in [2.24, 2.45) is 0 Å². The van der Waals surface area contributed by atoms with Crippen molar-refractivity contribution in [1.82, 2.24) is 10.6 Å². The lowest BCUT2D eigenvalue weighted by Crippen LogP contribution is -3.05. The second-order valence-electron chi connectivity index (χ2n) is 4.91. The molecule has 3 nitrogen and oxygen atoms in total. The maximum absolute atomic E-state index is 5.23. The number of thiocarbonyl (C=S) groups is 1. The van der Waals surface area contributed by atoms with Gasteiger partial charge < -0.3 is 15.5 Å². The summed E-state index contributed by atoms with van der Waals surface area (Å²) in [5.41, 5.74) is 2.54. The molecular weight excluding hydrogens is 242 g/mol. The lowest BCUT2D eigenvalue weighted by Gasteiger charge is -2.11. The Morgan fingerprint density at radius 3 is 2.44 bits per heavy atom. The molecule has 0 heterocycles. The number of hydrogen-bond donors (Lipinski definition) is 3. The summed E-state index contributed by atoms with van der Waals surface area (Å²) in [6, 6.07) is 8.49. The van der Waals surface area contributed by atoms with Gasteiger partial charge in [-0.2, -0.15) is 0 Å². The van der Waals surface area contributed by atoms with Gasteiger partial charge in [-0.1, -0.05) is 29.8 Å². The summed E-state index contributed by atoms with van der Waals surface area (Å²) in [6.45, 7) is 4.97. The molecule has 1 aromatic rings. The molecule has 18 heavy (non-hydrogen) atoms. The molecule has 0 aromatic heterocycles. The van der Waals surface area contributed by atoms with Crippen LogP contribution in [0.25, 0.3) is 0 Å². The molecule has 1 aromatic carbocycles. The Morgan fingerprint density at radius 1 is 1.17 bits per heavy atom. The molecule has 0 amide bonds. The highest BCUT2D eigenvalue weighted by Gasteiger charge is 1.97. The SMILES string of the molecule is Cc1ccc(CNC(=S)NCCC[NH+](C)C)cc1. The van der Waals surface area contributed by atoms with Crippen molar-refractivity contribution < 1.29 is 4.90 Å². The van der Waals surface area contributed by atoms with E-state index in [0.29, 0.717) is 0 Å². The Morgan fingerprint density at radius 2 is 1.83 bits per heavy atom. The zero-order chi connectivity index (χ0) is 13.4. The molecule has 0 aliphatic carbocycles. The molecule has 1 rings (SSSR count). The first-order valence-corrected chi connectivity index (χ1v) is 6.85. The molecule has 0 radical (unpaired) electrons. The number of hydrogen-bond acceptors (Lipinski definition) is 1. The normalized spacial score (nSPS) is 10.4. The molecule has 0 spiro atoms. The summed E-state index contributed by atoms with van der Waals surface area (Å²) < 4.78 is 0. The topological polar surface area (TPSA) is 28.5 Å². The maximum Gasteiger partial charge on any atom is 0.166 e. The van der Waals surface area contributed by atoms with Gasteiger partial charge in [0.25, 0.3) is 0 Å². The van der Waals surface area contributed by atoms with Crippen molar-refractivity contribution >= 4 is 17.3 Å².